The normalized spacial score (nSPS) is 19.8. The molecule has 1 saturated heterocycles. The second-order valence-corrected chi connectivity index (χ2v) is 9.05. The first-order valence-corrected chi connectivity index (χ1v) is 10.6. The van der Waals surface area contributed by atoms with Crippen LogP contribution in [0.15, 0.2) is 0 Å². The SMILES string of the molecule is CCC(CC)OC(C)(C)C.CCC(COC(C)(C)C)OC1CCCCO1. The minimum Gasteiger partial charge on any atom is -0.373 e. The van der Waals surface area contributed by atoms with Gasteiger partial charge in [0.05, 0.1) is 30.0 Å². The van der Waals surface area contributed by atoms with Gasteiger partial charge in [-0.25, -0.2) is 0 Å². The molecule has 1 rings (SSSR count). The van der Waals surface area contributed by atoms with Crippen molar-refractivity contribution in [3.05, 3.63) is 0 Å². The third kappa shape index (κ3) is 15.0. The van der Waals surface area contributed by atoms with Crippen molar-refractivity contribution < 1.29 is 18.9 Å². The van der Waals surface area contributed by atoms with Crippen molar-refractivity contribution in [2.75, 3.05) is 13.2 Å². The van der Waals surface area contributed by atoms with Crippen LogP contribution in [0.4, 0.5) is 0 Å². The summed E-state index contributed by atoms with van der Waals surface area (Å²) in [5.41, 5.74) is -0.0686. The van der Waals surface area contributed by atoms with E-state index in [2.05, 4.69) is 62.3 Å². The summed E-state index contributed by atoms with van der Waals surface area (Å²) in [6, 6.07) is 0. The van der Waals surface area contributed by atoms with Gasteiger partial charge in [0.1, 0.15) is 0 Å². The Morgan fingerprint density at radius 3 is 1.77 bits per heavy atom. The average molecular weight is 375 g/mol. The average Bonchev–Trinajstić information content (AvgIpc) is 2.56. The van der Waals surface area contributed by atoms with Crippen LogP contribution in [-0.2, 0) is 18.9 Å². The highest BCUT2D eigenvalue weighted by Gasteiger charge is 2.21. The zero-order valence-electron chi connectivity index (χ0n) is 19.0. The second kappa shape index (κ2) is 13.1. The largest absolute Gasteiger partial charge is 0.373 e. The number of hydrogen-bond donors (Lipinski definition) is 0. The molecule has 1 fully saturated rings. The molecule has 1 aliphatic heterocycles. The molecule has 0 aromatic rings. The molecule has 4 heteroatoms. The van der Waals surface area contributed by atoms with Crippen molar-refractivity contribution in [1.82, 2.24) is 0 Å². The molecule has 0 N–H and O–H groups in total. The van der Waals surface area contributed by atoms with Gasteiger partial charge in [0, 0.05) is 6.61 Å². The van der Waals surface area contributed by atoms with Gasteiger partial charge in [-0.2, -0.15) is 0 Å². The molecule has 0 radical (unpaired) electrons. The zero-order valence-corrected chi connectivity index (χ0v) is 19.0. The summed E-state index contributed by atoms with van der Waals surface area (Å²) in [7, 11) is 0. The molecule has 1 aliphatic rings. The summed E-state index contributed by atoms with van der Waals surface area (Å²) in [6.45, 7) is 20.5. The van der Waals surface area contributed by atoms with Crippen LogP contribution in [-0.4, -0.2) is 42.9 Å². The Bertz CT molecular complexity index is 320. The molecule has 0 saturated carbocycles. The Hall–Kier alpha value is -0.160. The molecule has 0 aromatic heterocycles. The first kappa shape index (κ1) is 25.8. The monoisotopic (exact) mass is 374 g/mol. The zero-order chi connectivity index (χ0) is 20.2. The van der Waals surface area contributed by atoms with Crippen LogP contribution in [0.25, 0.3) is 0 Å². The van der Waals surface area contributed by atoms with E-state index in [0.29, 0.717) is 12.7 Å². The fraction of sp³-hybridized carbons (Fsp3) is 1.00. The summed E-state index contributed by atoms with van der Waals surface area (Å²) in [5.74, 6) is 0. The third-order valence-electron chi connectivity index (χ3n) is 4.07. The van der Waals surface area contributed by atoms with Crippen LogP contribution in [0, 0.1) is 0 Å². The predicted molar refractivity (Wildman–Crippen MR) is 110 cm³/mol. The van der Waals surface area contributed by atoms with Crippen LogP contribution in [0.5, 0.6) is 0 Å². The highest BCUT2D eigenvalue weighted by atomic mass is 16.7. The van der Waals surface area contributed by atoms with Gasteiger partial charge >= 0.3 is 0 Å². The molecule has 0 bridgehead atoms. The van der Waals surface area contributed by atoms with Gasteiger partial charge in [0.2, 0.25) is 0 Å². The molecule has 0 aliphatic carbocycles. The van der Waals surface area contributed by atoms with Gasteiger partial charge in [-0.05, 0) is 80.1 Å². The lowest BCUT2D eigenvalue weighted by Gasteiger charge is -2.29. The van der Waals surface area contributed by atoms with Gasteiger partial charge in [-0.15, -0.1) is 0 Å². The molecule has 4 nitrogen and oxygen atoms in total. The smallest absolute Gasteiger partial charge is 0.158 e. The van der Waals surface area contributed by atoms with E-state index < -0.39 is 0 Å². The quantitative estimate of drug-likeness (QED) is 0.513. The van der Waals surface area contributed by atoms with Crippen LogP contribution in [0.1, 0.15) is 101 Å². The van der Waals surface area contributed by atoms with Gasteiger partial charge in [0.15, 0.2) is 6.29 Å². The standard InChI is InChI=1S/C13H26O3.C9H20O/c1-5-11(10-15-13(2,3)4)16-12-8-6-7-9-14-12;1-6-8(7-2)10-9(3,4)5/h11-12H,5-10H2,1-4H3;8H,6-7H2,1-5H3. The van der Waals surface area contributed by atoms with Crippen LogP contribution >= 0.6 is 0 Å². The predicted octanol–water partition coefficient (Wildman–Crippen LogP) is 6.11. The van der Waals surface area contributed by atoms with E-state index in [1.165, 1.54) is 6.42 Å². The van der Waals surface area contributed by atoms with E-state index in [1.54, 1.807) is 0 Å². The Morgan fingerprint density at radius 2 is 1.42 bits per heavy atom. The van der Waals surface area contributed by atoms with Gasteiger partial charge in [-0.1, -0.05) is 20.8 Å². The molecule has 0 aromatic carbocycles. The number of rotatable bonds is 8. The van der Waals surface area contributed by atoms with Gasteiger partial charge < -0.3 is 18.9 Å². The fourth-order valence-corrected chi connectivity index (χ4v) is 2.58. The molecular weight excluding hydrogens is 328 g/mol. The molecule has 1 heterocycles. The highest BCUT2D eigenvalue weighted by molar-refractivity contribution is 4.65. The van der Waals surface area contributed by atoms with Crippen molar-refractivity contribution >= 4 is 0 Å². The molecule has 2 unspecified atom stereocenters. The van der Waals surface area contributed by atoms with Crippen molar-refractivity contribution in [1.29, 1.82) is 0 Å². The Balaban J connectivity index is 0.000000541. The lowest BCUT2D eigenvalue weighted by Crippen LogP contribution is -2.33. The number of hydrogen-bond acceptors (Lipinski definition) is 4. The minimum atomic E-state index is -0.0931. The van der Waals surface area contributed by atoms with E-state index >= 15 is 0 Å². The van der Waals surface area contributed by atoms with E-state index in [9.17, 15) is 0 Å². The number of ether oxygens (including phenoxy) is 4. The molecular formula is C22H46O4. The maximum atomic E-state index is 5.89. The Morgan fingerprint density at radius 1 is 0.846 bits per heavy atom. The molecule has 2 atom stereocenters. The molecule has 0 spiro atoms. The van der Waals surface area contributed by atoms with Gasteiger partial charge in [0.25, 0.3) is 0 Å². The minimum absolute atomic E-state index is 0.0118. The summed E-state index contributed by atoms with van der Waals surface area (Å²) in [5, 5.41) is 0. The van der Waals surface area contributed by atoms with Crippen molar-refractivity contribution in [3.63, 3.8) is 0 Å². The summed E-state index contributed by atoms with van der Waals surface area (Å²) in [4.78, 5) is 0. The van der Waals surface area contributed by atoms with Crippen LogP contribution < -0.4 is 0 Å². The van der Waals surface area contributed by atoms with E-state index in [-0.39, 0.29) is 23.6 Å². The maximum absolute atomic E-state index is 5.89. The second-order valence-electron chi connectivity index (χ2n) is 9.05. The van der Waals surface area contributed by atoms with E-state index in [4.69, 9.17) is 18.9 Å². The van der Waals surface area contributed by atoms with E-state index in [0.717, 1.165) is 38.7 Å². The maximum Gasteiger partial charge on any atom is 0.158 e. The molecule has 0 amide bonds. The summed E-state index contributed by atoms with van der Waals surface area (Å²) in [6.07, 6.45) is 7.18. The Labute approximate surface area is 163 Å². The lowest BCUT2D eigenvalue weighted by atomic mass is 10.1. The Kier molecular flexibility index (Phi) is 13.0. The van der Waals surface area contributed by atoms with Crippen LogP contribution in [0.2, 0.25) is 0 Å². The molecule has 158 valence electrons. The topological polar surface area (TPSA) is 36.9 Å². The van der Waals surface area contributed by atoms with E-state index in [1.807, 2.05) is 0 Å². The van der Waals surface area contributed by atoms with Crippen LogP contribution in [0.3, 0.4) is 0 Å². The van der Waals surface area contributed by atoms with Crippen molar-refractivity contribution in [2.45, 2.75) is 131 Å². The molecule has 26 heavy (non-hydrogen) atoms. The first-order chi connectivity index (χ1) is 12.0. The lowest BCUT2D eigenvalue weighted by molar-refractivity contribution is -0.204. The van der Waals surface area contributed by atoms with Gasteiger partial charge in [-0.3, -0.25) is 0 Å². The summed E-state index contributed by atoms with van der Waals surface area (Å²) < 4.78 is 22.9. The van der Waals surface area contributed by atoms with Crippen molar-refractivity contribution in [2.24, 2.45) is 0 Å². The first-order valence-electron chi connectivity index (χ1n) is 10.6. The summed E-state index contributed by atoms with van der Waals surface area (Å²) >= 11 is 0. The highest BCUT2D eigenvalue weighted by Crippen LogP contribution is 2.18. The third-order valence-corrected chi connectivity index (χ3v) is 4.07. The fourth-order valence-electron chi connectivity index (χ4n) is 2.58. The van der Waals surface area contributed by atoms with Crippen molar-refractivity contribution in [3.8, 4) is 0 Å².